The predicted molar refractivity (Wildman–Crippen MR) is 74.3 cm³/mol. The van der Waals surface area contributed by atoms with Crippen LogP contribution in [0.2, 0.25) is 0 Å². The Hall–Kier alpha value is -2.22. The molecule has 1 aliphatic heterocycles. The summed E-state index contributed by atoms with van der Waals surface area (Å²) in [6.07, 6.45) is 7.91. The summed E-state index contributed by atoms with van der Waals surface area (Å²) in [6, 6.07) is 5.52. The second-order valence-electron chi connectivity index (χ2n) is 4.87. The van der Waals surface area contributed by atoms with E-state index in [1.807, 2.05) is 6.07 Å². The standard InChI is InChI=1S/C15H19N3O2/c16-10-13(12-18-7-3-1-2-4-8-18)15(19)17-11-14-6-5-9-20-14/h5-6,9,12H,1-4,7-8,11H2,(H,17,19)/b13-12-. The molecule has 1 amide bonds. The van der Waals surface area contributed by atoms with Gasteiger partial charge in [-0.25, -0.2) is 0 Å². The smallest absolute Gasteiger partial charge is 0.263 e. The average molecular weight is 273 g/mol. The van der Waals surface area contributed by atoms with Gasteiger partial charge < -0.3 is 14.6 Å². The molecule has 2 rings (SSSR count). The van der Waals surface area contributed by atoms with Gasteiger partial charge in [-0.15, -0.1) is 0 Å². The van der Waals surface area contributed by atoms with Gasteiger partial charge in [-0.2, -0.15) is 5.26 Å². The van der Waals surface area contributed by atoms with Gasteiger partial charge in [-0.1, -0.05) is 12.8 Å². The fourth-order valence-corrected chi connectivity index (χ4v) is 2.22. The van der Waals surface area contributed by atoms with E-state index >= 15 is 0 Å². The van der Waals surface area contributed by atoms with E-state index in [0.29, 0.717) is 12.3 Å². The molecule has 0 saturated carbocycles. The zero-order valence-electron chi connectivity index (χ0n) is 11.5. The Kier molecular flexibility index (Phi) is 5.24. The summed E-state index contributed by atoms with van der Waals surface area (Å²) >= 11 is 0. The van der Waals surface area contributed by atoms with Gasteiger partial charge >= 0.3 is 0 Å². The lowest BCUT2D eigenvalue weighted by molar-refractivity contribution is -0.117. The van der Waals surface area contributed by atoms with Crippen LogP contribution in [0.25, 0.3) is 0 Å². The first-order valence-corrected chi connectivity index (χ1v) is 6.96. The fraction of sp³-hybridized carbons (Fsp3) is 0.467. The maximum atomic E-state index is 12.0. The van der Waals surface area contributed by atoms with Gasteiger partial charge in [0.05, 0.1) is 12.8 Å². The highest BCUT2D eigenvalue weighted by atomic mass is 16.3. The van der Waals surface area contributed by atoms with E-state index in [-0.39, 0.29) is 11.5 Å². The average Bonchev–Trinajstić information content (AvgIpc) is 2.85. The molecular formula is C15H19N3O2. The molecule has 1 fully saturated rings. The molecule has 0 radical (unpaired) electrons. The topological polar surface area (TPSA) is 69.3 Å². The van der Waals surface area contributed by atoms with Crippen LogP contribution in [0.1, 0.15) is 31.4 Å². The number of nitriles is 1. The minimum atomic E-state index is -0.354. The van der Waals surface area contributed by atoms with Crippen LogP contribution < -0.4 is 5.32 Å². The number of likely N-dealkylation sites (tertiary alicyclic amines) is 1. The highest BCUT2D eigenvalue weighted by Gasteiger charge is 2.12. The van der Waals surface area contributed by atoms with Gasteiger partial charge in [0, 0.05) is 19.3 Å². The summed E-state index contributed by atoms with van der Waals surface area (Å²) in [5.74, 6) is 0.318. The quantitative estimate of drug-likeness (QED) is 0.674. The van der Waals surface area contributed by atoms with Crippen molar-refractivity contribution in [2.24, 2.45) is 0 Å². The number of hydrogen-bond donors (Lipinski definition) is 1. The molecule has 1 N–H and O–H groups in total. The molecule has 106 valence electrons. The van der Waals surface area contributed by atoms with Crippen LogP contribution in [0.15, 0.2) is 34.6 Å². The lowest BCUT2D eigenvalue weighted by atomic mass is 10.2. The van der Waals surface area contributed by atoms with Gasteiger partial charge in [0.25, 0.3) is 5.91 Å². The third-order valence-corrected chi connectivity index (χ3v) is 3.32. The van der Waals surface area contributed by atoms with Crippen molar-refractivity contribution in [1.82, 2.24) is 10.2 Å². The van der Waals surface area contributed by atoms with Crippen LogP contribution in [0.5, 0.6) is 0 Å². The van der Waals surface area contributed by atoms with Crippen molar-refractivity contribution in [3.63, 3.8) is 0 Å². The van der Waals surface area contributed by atoms with E-state index < -0.39 is 0 Å². The molecule has 0 aliphatic carbocycles. The summed E-state index contributed by atoms with van der Waals surface area (Å²) in [7, 11) is 0. The molecule has 0 bridgehead atoms. The van der Waals surface area contributed by atoms with Crippen LogP contribution in [0.3, 0.4) is 0 Å². The summed E-state index contributed by atoms with van der Waals surface area (Å²) in [4.78, 5) is 14.0. The van der Waals surface area contributed by atoms with E-state index in [1.165, 1.54) is 12.8 Å². The van der Waals surface area contributed by atoms with E-state index in [2.05, 4.69) is 10.2 Å². The molecule has 5 heteroatoms. The van der Waals surface area contributed by atoms with Crippen molar-refractivity contribution in [2.45, 2.75) is 32.2 Å². The molecule has 1 aliphatic rings. The molecule has 1 saturated heterocycles. The lowest BCUT2D eigenvalue weighted by Crippen LogP contribution is -2.26. The van der Waals surface area contributed by atoms with E-state index in [4.69, 9.17) is 9.68 Å². The number of nitrogens with zero attached hydrogens (tertiary/aromatic N) is 2. The highest BCUT2D eigenvalue weighted by Crippen LogP contribution is 2.11. The Bertz CT molecular complexity index is 492. The summed E-state index contributed by atoms with van der Waals surface area (Å²) < 4.78 is 5.14. The number of nitrogens with one attached hydrogen (secondary N) is 1. The molecule has 0 aromatic carbocycles. The predicted octanol–water partition coefficient (Wildman–Crippen LogP) is 2.18. The van der Waals surface area contributed by atoms with Crippen LogP contribution >= 0.6 is 0 Å². The number of rotatable bonds is 4. The molecular weight excluding hydrogens is 254 g/mol. The molecule has 0 unspecified atom stereocenters. The minimum absolute atomic E-state index is 0.151. The van der Waals surface area contributed by atoms with Crippen LogP contribution in [-0.4, -0.2) is 23.9 Å². The second-order valence-corrected chi connectivity index (χ2v) is 4.87. The van der Waals surface area contributed by atoms with E-state index in [9.17, 15) is 4.79 Å². The first kappa shape index (κ1) is 14.2. The highest BCUT2D eigenvalue weighted by molar-refractivity contribution is 5.97. The van der Waals surface area contributed by atoms with Gasteiger partial charge in [0.1, 0.15) is 17.4 Å². The Morgan fingerprint density at radius 3 is 2.75 bits per heavy atom. The fourth-order valence-electron chi connectivity index (χ4n) is 2.22. The molecule has 5 nitrogen and oxygen atoms in total. The third kappa shape index (κ3) is 4.16. The Balaban J connectivity index is 1.92. The lowest BCUT2D eigenvalue weighted by Gasteiger charge is -2.17. The molecule has 0 atom stereocenters. The SMILES string of the molecule is N#C/C(=C/N1CCCCCC1)C(=O)NCc1ccco1. The summed E-state index contributed by atoms with van der Waals surface area (Å²) in [5, 5.41) is 11.8. The Labute approximate surface area is 118 Å². The third-order valence-electron chi connectivity index (χ3n) is 3.32. The number of carbonyl (C=O) groups is 1. The van der Waals surface area contributed by atoms with Crippen LogP contribution in [0.4, 0.5) is 0 Å². The van der Waals surface area contributed by atoms with Crippen molar-refractivity contribution in [3.8, 4) is 6.07 Å². The molecule has 2 heterocycles. The van der Waals surface area contributed by atoms with Gasteiger partial charge in [0.15, 0.2) is 0 Å². The van der Waals surface area contributed by atoms with Crippen LogP contribution in [-0.2, 0) is 11.3 Å². The van der Waals surface area contributed by atoms with Crippen molar-refractivity contribution >= 4 is 5.91 Å². The second kappa shape index (κ2) is 7.39. The van der Waals surface area contributed by atoms with E-state index in [0.717, 1.165) is 25.9 Å². The van der Waals surface area contributed by atoms with E-state index in [1.54, 1.807) is 24.6 Å². The Morgan fingerprint density at radius 2 is 2.15 bits per heavy atom. The Morgan fingerprint density at radius 1 is 1.40 bits per heavy atom. The zero-order valence-corrected chi connectivity index (χ0v) is 11.5. The summed E-state index contributed by atoms with van der Waals surface area (Å²) in [6.45, 7) is 2.12. The maximum absolute atomic E-state index is 12.0. The van der Waals surface area contributed by atoms with Crippen molar-refractivity contribution in [1.29, 1.82) is 5.26 Å². The largest absolute Gasteiger partial charge is 0.467 e. The molecule has 1 aromatic heterocycles. The van der Waals surface area contributed by atoms with Gasteiger partial charge in [0.2, 0.25) is 0 Å². The molecule has 20 heavy (non-hydrogen) atoms. The number of hydrogen-bond acceptors (Lipinski definition) is 4. The van der Waals surface area contributed by atoms with Crippen molar-refractivity contribution in [3.05, 3.63) is 35.9 Å². The zero-order chi connectivity index (χ0) is 14.2. The minimum Gasteiger partial charge on any atom is -0.467 e. The molecule has 1 aromatic rings. The summed E-state index contributed by atoms with van der Waals surface area (Å²) in [5.41, 5.74) is 0.151. The van der Waals surface area contributed by atoms with Crippen molar-refractivity contribution < 1.29 is 9.21 Å². The molecule has 0 spiro atoms. The monoisotopic (exact) mass is 273 g/mol. The van der Waals surface area contributed by atoms with Crippen LogP contribution in [0, 0.1) is 11.3 Å². The van der Waals surface area contributed by atoms with Gasteiger partial charge in [-0.05, 0) is 25.0 Å². The first-order chi connectivity index (χ1) is 9.79. The first-order valence-electron chi connectivity index (χ1n) is 6.96. The normalized spacial score (nSPS) is 16.4. The number of amides is 1. The number of furan rings is 1. The number of carbonyl (C=O) groups excluding carboxylic acids is 1. The van der Waals surface area contributed by atoms with Crippen molar-refractivity contribution in [2.75, 3.05) is 13.1 Å². The van der Waals surface area contributed by atoms with Gasteiger partial charge in [-0.3, -0.25) is 4.79 Å². The maximum Gasteiger partial charge on any atom is 0.263 e.